The van der Waals surface area contributed by atoms with Gasteiger partial charge in [0.05, 0.1) is 19.8 Å². The second kappa shape index (κ2) is 6.53. The second-order valence-electron chi connectivity index (χ2n) is 2.89. The number of carbonyl (C=O) groups excluding carboxylic acids is 1. The smallest absolute Gasteiger partial charge is 0.251 e. The number of hydrogen-bond donors (Lipinski definition) is 2. The Kier molecular flexibility index (Phi) is 5.21. The summed E-state index contributed by atoms with van der Waals surface area (Å²) in [5.74, 6) is -0.133. The fourth-order valence-corrected chi connectivity index (χ4v) is 1.09. The standard InChI is InChI=1S/C9H16N2O3/c10-3-1-2-4-11-9(12)8-7-13-5-6-14-8/h1-2,8H,3-7,10H2,(H,11,12)/b2-1+. The Morgan fingerprint density at radius 3 is 3.00 bits per heavy atom. The van der Waals surface area contributed by atoms with E-state index in [4.69, 9.17) is 15.2 Å². The van der Waals surface area contributed by atoms with Crippen LogP contribution in [0, 0.1) is 0 Å². The number of ether oxygens (including phenoxy) is 2. The molecule has 1 aliphatic rings. The van der Waals surface area contributed by atoms with Gasteiger partial charge in [-0.05, 0) is 0 Å². The van der Waals surface area contributed by atoms with Gasteiger partial charge in [-0.1, -0.05) is 12.2 Å². The molecule has 0 aromatic heterocycles. The minimum Gasteiger partial charge on any atom is -0.376 e. The Morgan fingerprint density at radius 2 is 2.36 bits per heavy atom. The van der Waals surface area contributed by atoms with Gasteiger partial charge in [0.25, 0.3) is 5.91 Å². The summed E-state index contributed by atoms with van der Waals surface area (Å²) in [6.07, 6.45) is 3.13. The van der Waals surface area contributed by atoms with E-state index in [0.29, 0.717) is 32.9 Å². The molecule has 1 unspecified atom stereocenters. The summed E-state index contributed by atoms with van der Waals surface area (Å²) < 4.78 is 10.3. The summed E-state index contributed by atoms with van der Waals surface area (Å²) in [5, 5.41) is 2.70. The van der Waals surface area contributed by atoms with Gasteiger partial charge in [-0.25, -0.2) is 0 Å². The molecular weight excluding hydrogens is 184 g/mol. The van der Waals surface area contributed by atoms with Crippen molar-refractivity contribution in [3.63, 3.8) is 0 Å². The summed E-state index contributed by atoms with van der Waals surface area (Å²) in [4.78, 5) is 11.4. The molecule has 5 heteroatoms. The van der Waals surface area contributed by atoms with Gasteiger partial charge in [0.1, 0.15) is 0 Å². The molecule has 3 N–H and O–H groups in total. The summed E-state index contributed by atoms with van der Waals surface area (Å²) in [5.41, 5.74) is 5.24. The molecular formula is C9H16N2O3. The quantitative estimate of drug-likeness (QED) is 0.573. The molecule has 1 fully saturated rings. The molecule has 0 spiro atoms. The van der Waals surface area contributed by atoms with Crippen LogP contribution in [0.2, 0.25) is 0 Å². The largest absolute Gasteiger partial charge is 0.376 e. The van der Waals surface area contributed by atoms with Crippen LogP contribution in [0.25, 0.3) is 0 Å². The first-order valence-electron chi connectivity index (χ1n) is 4.66. The van der Waals surface area contributed by atoms with Crippen molar-refractivity contribution in [2.45, 2.75) is 6.10 Å². The third-order valence-electron chi connectivity index (χ3n) is 1.81. The molecule has 14 heavy (non-hydrogen) atoms. The summed E-state index contributed by atoms with van der Waals surface area (Å²) >= 11 is 0. The zero-order chi connectivity index (χ0) is 10.2. The zero-order valence-corrected chi connectivity index (χ0v) is 8.07. The topological polar surface area (TPSA) is 73.6 Å². The Labute approximate surface area is 83.2 Å². The number of rotatable bonds is 4. The van der Waals surface area contributed by atoms with E-state index in [1.54, 1.807) is 6.08 Å². The van der Waals surface area contributed by atoms with Crippen LogP contribution in [0.3, 0.4) is 0 Å². The maximum absolute atomic E-state index is 11.4. The van der Waals surface area contributed by atoms with Crippen molar-refractivity contribution >= 4 is 5.91 Å². The molecule has 0 radical (unpaired) electrons. The molecule has 0 aromatic rings. The highest BCUT2D eigenvalue weighted by atomic mass is 16.6. The number of nitrogens with two attached hydrogens (primary N) is 1. The number of carbonyl (C=O) groups is 1. The van der Waals surface area contributed by atoms with Gasteiger partial charge in [-0.3, -0.25) is 4.79 Å². The summed E-state index contributed by atoms with van der Waals surface area (Å²) in [7, 11) is 0. The van der Waals surface area contributed by atoms with Crippen molar-refractivity contribution in [1.29, 1.82) is 0 Å². The van der Waals surface area contributed by atoms with E-state index < -0.39 is 6.10 Å². The van der Waals surface area contributed by atoms with Crippen LogP contribution in [-0.2, 0) is 14.3 Å². The Bertz CT molecular complexity index is 200. The van der Waals surface area contributed by atoms with Crippen molar-refractivity contribution in [2.24, 2.45) is 5.73 Å². The average molecular weight is 200 g/mol. The predicted octanol–water partition coefficient (Wildman–Crippen LogP) is -0.967. The Balaban J connectivity index is 2.16. The third-order valence-corrected chi connectivity index (χ3v) is 1.81. The maximum atomic E-state index is 11.4. The minimum absolute atomic E-state index is 0.133. The maximum Gasteiger partial charge on any atom is 0.251 e. The molecule has 1 saturated heterocycles. The van der Waals surface area contributed by atoms with Crippen LogP contribution >= 0.6 is 0 Å². The first kappa shape index (κ1) is 11.2. The highest BCUT2D eigenvalue weighted by Crippen LogP contribution is 1.99. The van der Waals surface area contributed by atoms with Gasteiger partial charge in [-0.2, -0.15) is 0 Å². The normalized spacial score (nSPS) is 22.5. The van der Waals surface area contributed by atoms with Gasteiger partial charge in [0.15, 0.2) is 6.10 Å². The van der Waals surface area contributed by atoms with E-state index in [0.717, 1.165) is 0 Å². The van der Waals surface area contributed by atoms with Gasteiger partial charge in [-0.15, -0.1) is 0 Å². The first-order valence-corrected chi connectivity index (χ1v) is 4.66. The molecule has 1 amide bonds. The van der Waals surface area contributed by atoms with Crippen molar-refractivity contribution < 1.29 is 14.3 Å². The zero-order valence-electron chi connectivity index (χ0n) is 8.07. The molecule has 0 aliphatic carbocycles. The lowest BCUT2D eigenvalue weighted by atomic mass is 10.3. The number of amides is 1. The van der Waals surface area contributed by atoms with E-state index in [-0.39, 0.29) is 5.91 Å². The van der Waals surface area contributed by atoms with Crippen LogP contribution in [-0.4, -0.2) is 44.9 Å². The van der Waals surface area contributed by atoms with Crippen LogP contribution in [0.1, 0.15) is 0 Å². The lowest BCUT2D eigenvalue weighted by Gasteiger charge is -2.21. The van der Waals surface area contributed by atoms with E-state index in [2.05, 4.69) is 5.32 Å². The van der Waals surface area contributed by atoms with Gasteiger partial charge < -0.3 is 20.5 Å². The van der Waals surface area contributed by atoms with Crippen LogP contribution in [0.15, 0.2) is 12.2 Å². The van der Waals surface area contributed by atoms with Crippen LogP contribution in [0.5, 0.6) is 0 Å². The number of nitrogens with one attached hydrogen (secondary N) is 1. The van der Waals surface area contributed by atoms with Gasteiger partial charge in [0.2, 0.25) is 0 Å². The SMILES string of the molecule is NC/C=C/CNC(=O)C1COCCO1. The summed E-state index contributed by atoms with van der Waals surface area (Å²) in [6, 6.07) is 0. The lowest BCUT2D eigenvalue weighted by molar-refractivity contribution is -0.147. The molecule has 1 aliphatic heterocycles. The highest BCUT2D eigenvalue weighted by Gasteiger charge is 2.21. The van der Waals surface area contributed by atoms with Crippen molar-refractivity contribution in [3.8, 4) is 0 Å². The van der Waals surface area contributed by atoms with E-state index in [1.807, 2.05) is 6.08 Å². The molecule has 0 aromatic carbocycles. The molecule has 1 rings (SSSR count). The van der Waals surface area contributed by atoms with E-state index in [9.17, 15) is 4.79 Å². The molecule has 80 valence electrons. The molecule has 0 bridgehead atoms. The minimum atomic E-state index is -0.463. The molecule has 0 saturated carbocycles. The van der Waals surface area contributed by atoms with Gasteiger partial charge in [0, 0.05) is 13.1 Å². The van der Waals surface area contributed by atoms with Gasteiger partial charge >= 0.3 is 0 Å². The van der Waals surface area contributed by atoms with Crippen molar-refractivity contribution in [1.82, 2.24) is 5.32 Å². The first-order chi connectivity index (χ1) is 6.84. The second-order valence-corrected chi connectivity index (χ2v) is 2.89. The lowest BCUT2D eigenvalue weighted by Crippen LogP contribution is -2.42. The van der Waals surface area contributed by atoms with E-state index >= 15 is 0 Å². The predicted molar refractivity (Wildman–Crippen MR) is 51.8 cm³/mol. The molecule has 5 nitrogen and oxygen atoms in total. The Hall–Kier alpha value is -0.910. The van der Waals surface area contributed by atoms with Crippen LogP contribution in [0.4, 0.5) is 0 Å². The number of hydrogen-bond acceptors (Lipinski definition) is 4. The van der Waals surface area contributed by atoms with Crippen molar-refractivity contribution in [3.05, 3.63) is 12.2 Å². The third kappa shape index (κ3) is 3.87. The summed E-state index contributed by atoms with van der Waals surface area (Å²) in [6.45, 7) is 2.36. The van der Waals surface area contributed by atoms with E-state index in [1.165, 1.54) is 0 Å². The van der Waals surface area contributed by atoms with Crippen molar-refractivity contribution in [2.75, 3.05) is 32.9 Å². The molecule has 1 heterocycles. The fraction of sp³-hybridized carbons (Fsp3) is 0.667. The molecule has 1 atom stereocenters. The Morgan fingerprint density at radius 1 is 1.50 bits per heavy atom. The monoisotopic (exact) mass is 200 g/mol. The fourth-order valence-electron chi connectivity index (χ4n) is 1.09. The highest BCUT2D eigenvalue weighted by molar-refractivity contribution is 5.81. The van der Waals surface area contributed by atoms with Crippen LogP contribution < -0.4 is 11.1 Å². The average Bonchev–Trinajstić information content (AvgIpc) is 2.25.